The van der Waals surface area contributed by atoms with Gasteiger partial charge in [0.05, 0.1) is 42.2 Å². The highest BCUT2D eigenvalue weighted by Crippen LogP contribution is 2.39. The van der Waals surface area contributed by atoms with Crippen LogP contribution in [-0.4, -0.2) is 64.6 Å². The van der Waals surface area contributed by atoms with Crippen LogP contribution >= 0.6 is 0 Å². The zero-order valence-electron chi connectivity index (χ0n) is 23.7. The van der Waals surface area contributed by atoms with E-state index in [1.807, 2.05) is 18.7 Å². The third-order valence-electron chi connectivity index (χ3n) is 8.33. The molecule has 2 atom stereocenters. The number of carbonyl (C=O) groups is 2. The summed E-state index contributed by atoms with van der Waals surface area (Å²) in [5.74, 6) is 6.72. The summed E-state index contributed by atoms with van der Waals surface area (Å²) in [6.07, 6.45) is 3.15. The van der Waals surface area contributed by atoms with Crippen molar-refractivity contribution in [2.75, 3.05) is 31.6 Å². The van der Waals surface area contributed by atoms with E-state index in [-0.39, 0.29) is 27.8 Å². The lowest BCUT2D eigenvalue weighted by Crippen LogP contribution is -2.55. The van der Waals surface area contributed by atoms with Crippen LogP contribution < -0.4 is 11.2 Å². The number of likely N-dealkylation sites (tertiary alicyclic amines) is 1. The number of aliphatic imine (C=N–C) groups is 2. The number of amides is 2. The average molecular weight is 595 g/mol. The second-order valence-electron chi connectivity index (χ2n) is 11.6. The highest BCUT2D eigenvalue weighted by molar-refractivity contribution is 6.06. The average Bonchev–Trinajstić information content (AvgIpc) is 3.28. The maximum absolute atomic E-state index is 13.2. The number of ether oxygens (including phenoxy) is 1. The number of alkyl halides is 3. The molecule has 0 bridgehead atoms. The number of piperidine rings is 1. The molecule has 0 saturated carbocycles. The van der Waals surface area contributed by atoms with Crippen molar-refractivity contribution in [3.8, 4) is 0 Å². The summed E-state index contributed by atoms with van der Waals surface area (Å²) in [5.41, 5.74) is 1.72. The molecule has 0 radical (unpaired) electrons. The summed E-state index contributed by atoms with van der Waals surface area (Å²) in [4.78, 5) is 41.3. The Morgan fingerprint density at radius 3 is 2.70 bits per heavy atom. The molecule has 0 spiro atoms. The number of aromatic nitrogens is 1. The van der Waals surface area contributed by atoms with E-state index in [0.29, 0.717) is 49.0 Å². The molecule has 2 saturated heterocycles. The quantitative estimate of drug-likeness (QED) is 0.398. The van der Waals surface area contributed by atoms with Gasteiger partial charge in [-0.05, 0) is 62.6 Å². The Labute approximate surface area is 246 Å². The number of nitrogens with two attached hydrogens (primary N) is 1. The molecule has 13 heteroatoms. The SMILES string of the molecule is Cc1cc(C(=O)Nc2cc(C(F)(F)F)ccn2)ccc1C1=NC([C@@H]2CCCN(C(=O)C3(C)COC3)C2)=C2C=NC=C[N+]12N. The van der Waals surface area contributed by atoms with Gasteiger partial charge < -0.3 is 15.0 Å². The van der Waals surface area contributed by atoms with Crippen molar-refractivity contribution < 1.29 is 32.1 Å². The van der Waals surface area contributed by atoms with E-state index in [1.54, 1.807) is 36.8 Å². The molecule has 4 aliphatic rings. The molecule has 5 heterocycles. The van der Waals surface area contributed by atoms with Crippen molar-refractivity contribution in [2.45, 2.75) is 32.9 Å². The molecule has 2 aromatic rings. The number of aryl methyl sites for hydroxylation is 1. The fourth-order valence-electron chi connectivity index (χ4n) is 5.91. The van der Waals surface area contributed by atoms with Gasteiger partial charge >= 0.3 is 6.18 Å². The number of nitrogens with zero attached hydrogens (tertiary/aromatic N) is 5. The van der Waals surface area contributed by atoms with E-state index in [0.717, 1.165) is 36.9 Å². The maximum Gasteiger partial charge on any atom is 0.416 e. The Balaban J connectivity index is 1.26. The van der Waals surface area contributed by atoms with Crippen LogP contribution in [0.1, 0.15) is 46.8 Å². The monoisotopic (exact) mass is 594 g/mol. The summed E-state index contributed by atoms with van der Waals surface area (Å²) < 4.78 is 44.4. The predicted octanol–water partition coefficient (Wildman–Crippen LogP) is 4.15. The Bertz CT molecular complexity index is 1630. The van der Waals surface area contributed by atoms with E-state index >= 15 is 0 Å². The number of anilines is 1. The number of allylic oxidation sites excluding steroid dienone is 1. The van der Waals surface area contributed by atoms with Crippen LogP contribution in [0.3, 0.4) is 0 Å². The first-order valence-corrected chi connectivity index (χ1v) is 13.9. The fraction of sp³-hybridized carbons (Fsp3) is 0.367. The van der Waals surface area contributed by atoms with Crippen molar-refractivity contribution in [3.63, 3.8) is 0 Å². The third kappa shape index (κ3) is 5.17. The number of amidine groups is 1. The highest BCUT2D eigenvalue weighted by Gasteiger charge is 2.49. The van der Waals surface area contributed by atoms with Crippen molar-refractivity contribution in [3.05, 3.63) is 82.6 Å². The number of benzene rings is 1. The second kappa shape index (κ2) is 10.5. The molecule has 1 aromatic heterocycles. The number of nitrogens with one attached hydrogen (secondary N) is 1. The molecule has 1 aromatic carbocycles. The van der Waals surface area contributed by atoms with Crippen molar-refractivity contribution in [1.29, 1.82) is 0 Å². The van der Waals surface area contributed by atoms with Gasteiger partial charge in [-0.25, -0.2) is 4.98 Å². The van der Waals surface area contributed by atoms with Crippen LogP contribution in [0.25, 0.3) is 0 Å². The molecular weight excluding hydrogens is 563 g/mol. The molecule has 6 rings (SSSR count). The number of hydrogen-bond donors (Lipinski definition) is 2. The molecule has 0 aliphatic carbocycles. The first kappa shape index (κ1) is 28.9. The van der Waals surface area contributed by atoms with Gasteiger partial charge in [-0.2, -0.15) is 24.0 Å². The van der Waals surface area contributed by atoms with Crippen molar-refractivity contribution in [2.24, 2.45) is 27.2 Å². The smallest absolute Gasteiger partial charge is 0.379 e. The van der Waals surface area contributed by atoms with Gasteiger partial charge in [-0.3, -0.25) is 14.6 Å². The lowest BCUT2D eigenvalue weighted by molar-refractivity contribution is -0.750. The minimum Gasteiger partial charge on any atom is -0.379 e. The topological polar surface area (TPSA) is 122 Å². The van der Waals surface area contributed by atoms with Gasteiger partial charge in [-0.1, -0.05) is 0 Å². The fourth-order valence-corrected chi connectivity index (χ4v) is 5.91. The molecule has 2 fully saturated rings. The van der Waals surface area contributed by atoms with E-state index in [9.17, 15) is 22.8 Å². The van der Waals surface area contributed by atoms with Gasteiger partial charge in [0.15, 0.2) is 0 Å². The van der Waals surface area contributed by atoms with Crippen LogP contribution in [-0.2, 0) is 15.7 Å². The highest BCUT2D eigenvalue weighted by atomic mass is 19.4. The van der Waals surface area contributed by atoms with Crippen LogP contribution in [0.5, 0.6) is 0 Å². The zero-order chi connectivity index (χ0) is 30.6. The van der Waals surface area contributed by atoms with E-state index in [2.05, 4.69) is 15.3 Å². The van der Waals surface area contributed by atoms with E-state index in [1.165, 1.54) is 0 Å². The van der Waals surface area contributed by atoms with E-state index in [4.69, 9.17) is 15.6 Å². The number of quaternary nitrogens is 1. The number of halogens is 3. The third-order valence-corrected chi connectivity index (χ3v) is 8.33. The number of fused-ring (bicyclic) bond motifs is 1. The summed E-state index contributed by atoms with van der Waals surface area (Å²) in [6, 6.07) is 6.55. The zero-order valence-corrected chi connectivity index (χ0v) is 23.7. The van der Waals surface area contributed by atoms with Gasteiger partial charge in [0.25, 0.3) is 11.7 Å². The Morgan fingerprint density at radius 1 is 1.21 bits per heavy atom. The van der Waals surface area contributed by atoms with Crippen LogP contribution in [0.15, 0.2) is 70.3 Å². The van der Waals surface area contributed by atoms with Crippen LogP contribution in [0.4, 0.5) is 19.0 Å². The summed E-state index contributed by atoms with van der Waals surface area (Å²) in [6.45, 7) is 5.79. The lowest BCUT2D eigenvalue weighted by atomic mass is 9.85. The van der Waals surface area contributed by atoms with Crippen molar-refractivity contribution in [1.82, 2.24) is 9.88 Å². The van der Waals surface area contributed by atoms with Gasteiger partial charge in [0, 0.05) is 30.8 Å². The Morgan fingerprint density at radius 2 is 2.00 bits per heavy atom. The number of hydrogen-bond acceptors (Lipinski definition) is 7. The van der Waals surface area contributed by atoms with Gasteiger partial charge in [0.2, 0.25) is 11.6 Å². The second-order valence-corrected chi connectivity index (χ2v) is 11.6. The molecule has 224 valence electrons. The standard InChI is InChI=1S/C30H30F3N7O3/c1-18-12-19(27(41)37-24-13-21(7-8-36-24)30(31,32)33)5-6-22(18)26-38-25(23-14-35-9-11-40(23,26)34)20-4-3-10-39(15-20)28(42)29(2)16-43-17-29/h5-9,11-14,20H,3-4,10,15-17,34H2,1-2H3/p+1/t20-,40?/m1/s1. The summed E-state index contributed by atoms with van der Waals surface area (Å²) >= 11 is 0. The molecule has 10 nitrogen and oxygen atoms in total. The normalized spacial score (nSPS) is 24.4. The molecular formula is C30H31F3N7O3+. The molecule has 3 N–H and O–H groups in total. The minimum atomic E-state index is -4.56. The van der Waals surface area contributed by atoms with Gasteiger partial charge in [0.1, 0.15) is 17.7 Å². The van der Waals surface area contributed by atoms with Crippen molar-refractivity contribution >= 4 is 29.7 Å². The van der Waals surface area contributed by atoms with Gasteiger partial charge in [-0.15, -0.1) is 4.59 Å². The molecule has 43 heavy (non-hydrogen) atoms. The minimum absolute atomic E-state index is 0.0425. The number of pyridine rings is 1. The van der Waals surface area contributed by atoms with Crippen LogP contribution in [0.2, 0.25) is 0 Å². The number of rotatable bonds is 5. The lowest BCUT2D eigenvalue weighted by Gasteiger charge is -2.42. The van der Waals surface area contributed by atoms with Crippen LogP contribution in [0, 0.1) is 18.3 Å². The first-order chi connectivity index (χ1) is 20.4. The largest absolute Gasteiger partial charge is 0.416 e. The maximum atomic E-state index is 13.2. The molecule has 1 unspecified atom stereocenters. The Hall–Kier alpha value is -4.20. The number of carbonyl (C=O) groups excluding carboxylic acids is 2. The summed E-state index contributed by atoms with van der Waals surface area (Å²) in [7, 11) is 0. The molecule has 4 aliphatic heterocycles. The summed E-state index contributed by atoms with van der Waals surface area (Å²) in [5, 5.41) is 2.44. The first-order valence-electron chi connectivity index (χ1n) is 13.9. The predicted molar refractivity (Wildman–Crippen MR) is 152 cm³/mol. The van der Waals surface area contributed by atoms with E-state index < -0.39 is 23.1 Å². The molecule has 2 amide bonds. The Kier molecular flexibility index (Phi) is 7.06.